The van der Waals surface area contributed by atoms with Gasteiger partial charge in [0.1, 0.15) is 5.76 Å². The summed E-state index contributed by atoms with van der Waals surface area (Å²) in [5.41, 5.74) is 0. The van der Waals surface area contributed by atoms with E-state index in [4.69, 9.17) is 4.42 Å². The van der Waals surface area contributed by atoms with Gasteiger partial charge in [0, 0.05) is 12.6 Å². The van der Waals surface area contributed by atoms with E-state index in [9.17, 15) is 4.79 Å². The van der Waals surface area contributed by atoms with Crippen LogP contribution in [0.15, 0.2) is 16.5 Å². The van der Waals surface area contributed by atoms with E-state index >= 15 is 0 Å². The van der Waals surface area contributed by atoms with Crippen LogP contribution in [0, 0.1) is 5.92 Å². The lowest BCUT2D eigenvalue weighted by molar-refractivity contribution is 0.0562. The highest BCUT2D eigenvalue weighted by atomic mass is 16.5. The van der Waals surface area contributed by atoms with Crippen LogP contribution in [0.3, 0.4) is 0 Å². The van der Waals surface area contributed by atoms with Crippen LogP contribution in [0.1, 0.15) is 49.5 Å². The zero-order chi connectivity index (χ0) is 15.4. The van der Waals surface area contributed by atoms with E-state index in [0.29, 0.717) is 12.0 Å². The number of furan rings is 1. The Morgan fingerprint density at radius 2 is 2.24 bits per heavy atom. The van der Waals surface area contributed by atoms with E-state index < -0.39 is 5.97 Å². The molecule has 0 radical (unpaired) electrons. The molecule has 0 aliphatic carbocycles. The molecule has 2 atom stereocenters. The minimum Gasteiger partial charge on any atom is -0.463 e. The number of esters is 1. The third kappa shape index (κ3) is 4.08. The summed E-state index contributed by atoms with van der Waals surface area (Å²) in [6.07, 6.45) is 1.24. The first-order valence-electron chi connectivity index (χ1n) is 7.66. The Morgan fingerprint density at radius 3 is 2.86 bits per heavy atom. The van der Waals surface area contributed by atoms with Crippen LogP contribution in [0.5, 0.6) is 0 Å². The first-order valence-corrected chi connectivity index (χ1v) is 7.66. The van der Waals surface area contributed by atoms with Gasteiger partial charge < -0.3 is 19.4 Å². The molecule has 0 bridgehead atoms. The predicted octanol–water partition coefficient (Wildman–Crippen LogP) is 2.45. The number of nitrogens with zero attached hydrogens (tertiary/aromatic N) is 1. The van der Waals surface area contributed by atoms with Gasteiger partial charge in [-0.2, -0.15) is 0 Å². The number of carbonyl (C=O) groups is 1. The van der Waals surface area contributed by atoms with Crippen molar-refractivity contribution in [2.24, 2.45) is 5.92 Å². The molecule has 1 aromatic rings. The van der Waals surface area contributed by atoms with Crippen molar-refractivity contribution >= 4 is 5.97 Å². The monoisotopic (exact) mass is 294 g/mol. The van der Waals surface area contributed by atoms with Gasteiger partial charge >= 0.3 is 5.97 Å². The number of hydrogen-bond donors (Lipinski definition) is 1. The number of rotatable bonds is 6. The molecule has 21 heavy (non-hydrogen) atoms. The Hall–Kier alpha value is -1.33. The maximum absolute atomic E-state index is 11.4. The topological polar surface area (TPSA) is 54.7 Å². The molecule has 1 aliphatic rings. The van der Waals surface area contributed by atoms with Crippen molar-refractivity contribution in [1.29, 1.82) is 0 Å². The summed E-state index contributed by atoms with van der Waals surface area (Å²) >= 11 is 0. The van der Waals surface area contributed by atoms with Gasteiger partial charge in [0.05, 0.1) is 13.2 Å². The second-order valence-corrected chi connectivity index (χ2v) is 6.07. The molecule has 2 rings (SSSR count). The zero-order valence-corrected chi connectivity index (χ0v) is 13.4. The Balaban J connectivity index is 1.81. The van der Waals surface area contributed by atoms with Crippen molar-refractivity contribution in [2.75, 3.05) is 26.7 Å². The molecular weight excluding hydrogens is 268 g/mol. The Morgan fingerprint density at radius 1 is 1.48 bits per heavy atom. The van der Waals surface area contributed by atoms with Gasteiger partial charge in [-0.25, -0.2) is 4.79 Å². The first-order chi connectivity index (χ1) is 10.0. The van der Waals surface area contributed by atoms with Crippen molar-refractivity contribution in [1.82, 2.24) is 10.2 Å². The summed E-state index contributed by atoms with van der Waals surface area (Å²) in [5.74, 6) is 1.28. The van der Waals surface area contributed by atoms with Crippen molar-refractivity contribution in [3.05, 3.63) is 23.7 Å². The van der Waals surface area contributed by atoms with E-state index in [1.807, 2.05) is 6.07 Å². The maximum atomic E-state index is 11.4. The van der Waals surface area contributed by atoms with Crippen molar-refractivity contribution in [3.63, 3.8) is 0 Å². The van der Waals surface area contributed by atoms with Crippen LogP contribution in [0.4, 0.5) is 0 Å². The summed E-state index contributed by atoms with van der Waals surface area (Å²) < 4.78 is 10.2. The molecule has 2 heterocycles. The molecule has 1 N–H and O–H groups in total. The maximum Gasteiger partial charge on any atom is 0.373 e. The molecule has 1 aromatic heterocycles. The third-order valence-corrected chi connectivity index (χ3v) is 4.20. The minimum absolute atomic E-state index is 0.0940. The molecule has 1 aliphatic heterocycles. The Labute approximate surface area is 126 Å². The molecule has 0 amide bonds. The summed E-state index contributed by atoms with van der Waals surface area (Å²) in [6, 6.07) is 4.21. The summed E-state index contributed by atoms with van der Waals surface area (Å²) in [7, 11) is 1.35. The van der Waals surface area contributed by atoms with Crippen LogP contribution < -0.4 is 5.32 Å². The van der Waals surface area contributed by atoms with E-state index in [-0.39, 0.29) is 11.8 Å². The van der Waals surface area contributed by atoms with Crippen LogP contribution in [0.2, 0.25) is 0 Å². The summed E-state index contributed by atoms with van der Waals surface area (Å²) in [4.78, 5) is 13.9. The number of nitrogens with one attached hydrogen (secondary N) is 1. The molecule has 0 saturated carbocycles. The van der Waals surface area contributed by atoms with Gasteiger partial charge in [0.15, 0.2) is 0 Å². The second-order valence-electron chi connectivity index (χ2n) is 6.07. The molecule has 5 heteroatoms. The summed E-state index contributed by atoms with van der Waals surface area (Å²) in [5, 5.41) is 3.50. The molecule has 2 unspecified atom stereocenters. The molecule has 0 aromatic carbocycles. The second kappa shape index (κ2) is 7.09. The molecular formula is C16H26N2O3. The normalized spacial score (nSPS) is 20.9. The van der Waals surface area contributed by atoms with Crippen molar-refractivity contribution in [2.45, 2.75) is 39.3 Å². The fourth-order valence-corrected chi connectivity index (χ4v) is 2.74. The molecule has 5 nitrogen and oxygen atoms in total. The van der Waals surface area contributed by atoms with Gasteiger partial charge in [-0.1, -0.05) is 0 Å². The minimum atomic E-state index is -0.434. The smallest absolute Gasteiger partial charge is 0.373 e. The molecule has 0 spiro atoms. The quantitative estimate of drug-likeness (QED) is 0.817. The van der Waals surface area contributed by atoms with Gasteiger partial charge in [-0.3, -0.25) is 0 Å². The lowest BCUT2D eigenvalue weighted by atomic mass is 10.1. The van der Waals surface area contributed by atoms with Crippen molar-refractivity contribution in [3.8, 4) is 0 Å². The van der Waals surface area contributed by atoms with E-state index in [1.54, 1.807) is 6.07 Å². The number of hydrogen-bond acceptors (Lipinski definition) is 5. The molecule has 1 saturated heterocycles. The van der Waals surface area contributed by atoms with E-state index in [0.717, 1.165) is 18.8 Å². The Kier molecular flexibility index (Phi) is 5.42. The highest BCUT2D eigenvalue weighted by molar-refractivity contribution is 5.86. The molecule has 1 fully saturated rings. The largest absolute Gasteiger partial charge is 0.463 e. The van der Waals surface area contributed by atoms with Crippen LogP contribution in [-0.2, 0) is 4.74 Å². The lowest BCUT2D eigenvalue weighted by Crippen LogP contribution is -2.31. The van der Waals surface area contributed by atoms with Crippen LogP contribution in [0.25, 0.3) is 0 Å². The summed E-state index contributed by atoms with van der Waals surface area (Å²) in [6.45, 7) is 9.85. The van der Waals surface area contributed by atoms with Gasteiger partial charge in [-0.05, 0) is 58.3 Å². The first kappa shape index (κ1) is 16.0. The number of carbonyl (C=O) groups excluding carboxylic acids is 1. The fourth-order valence-electron chi connectivity index (χ4n) is 2.74. The van der Waals surface area contributed by atoms with Gasteiger partial charge in [0.25, 0.3) is 0 Å². The lowest BCUT2D eigenvalue weighted by Gasteiger charge is -2.21. The SMILES string of the molecule is COC(=O)c1ccc(C(C)NCC2CCN(C(C)C)C2)o1. The Bertz CT molecular complexity index is 470. The van der Waals surface area contributed by atoms with Crippen molar-refractivity contribution < 1.29 is 13.9 Å². The highest BCUT2D eigenvalue weighted by Crippen LogP contribution is 2.20. The van der Waals surface area contributed by atoms with Gasteiger partial charge in [-0.15, -0.1) is 0 Å². The number of methoxy groups -OCH3 is 1. The molecule has 118 valence electrons. The number of likely N-dealkylation sites (tertiary alicyclic amines) is 1. The fraction of sp³-hybridized carbons (Fsp3) is 0.688. The number of ether oxygens (including phenoxy) is 1. The van der Waals surface area contributed by atoms with Gasteiger partial charge in [0.2, 0.25) is 5.76 Å². The van der Waals surface area contributed by atoms with Crippen LogP contribution in [-0.4, -0.2) is 43.7 Å². The highest BCUT2D eigenvalue weighted by Gasteiger charge is 2.24. The zero-order valence-electron chi connectivity index (χ0n) is 13.4. The average molecular weight is 294 g/mol. The van der Waals surface area contributed by atoms with E-state index in [1.165, 1.54) is 20.1 Å². The predicted molar refractivity (Wildman–Crippen MR) is 81.3 cm³/mol. The van der Waals surface area contributed by atoms with E-state index in [2.05, 4.69) is 35.7 Å². The standard InChI is InChI=1S/C16H26N2O3/c1-11(2)18-8-7-13(10-18)9-17-12(3)14-5-6-15(21-14)16(19)20-4/h5-6,11-13,17H,7-10H2,1-4H3. The third-order valence-electron chi connectivity index (χ3n) is 4.20. The average Bonchev–Trinajstić information content (AvgIpc) is 3.12. The van der Waals surface area contributed by atoms with Crippen LogP contribution >= 0.6 is 0 Å².